The number of benzene rings is 1. The van der Waals surface area contributed by atoms with Gasteiger partial charge < -0.3 is 10.6 Å². The first kappa shape index (κ1) is 24.9. The maximum absolute atomic E-state index is 12.2. The molecule has 0 aliphatic carbocycles. The molecule has 0 atom stereocenters. The minimum atomic E-state index is -4.22. The first-order valence-corrected chi connectivity index (χ1v) is 9.38. The zero-order chi connectivity index (χ0) is 18.9. The van der Waals surface area contributed by atoms with Crippen molar-refractivity contribution in [2.75, 3.05) is 20.1 Å². The number of nitrogens with zero attached hydrogens (tertiary/aromatic N) is 1. The topological polar surface area (TPSA) is 82.6 Å². The van der Waals surface area contributed by atoms with Gasteiger partial charge in [0, 0.05) is 13.1 Å². The maximum atomic E-state index is 12.2. The molecule has 11 heteroatoms. The van der Waals surface area contributed by atoms with Crippen molar-refractivity contribution in [1.82, 2.24) is 15.4 Å². The lowest BCUT2D eigenvalue weighted by Gasteiger charge is -2.12. The van der Waals surface area contributed by atoms with Crippen molar-refractivity contribution in [2.24, 2.45) is 4.99 Å². The smallest absolute Gasteiger partial charge is 0.357 e. The van der Waals surface area contributed by atoms with Gasteiger partial charge in [0.15, 0.2) is 5.96 Å². The molecule has 0 saturated heterocycles. The SMILES string of the molecule is CCNC(=NCc1cccc(CS(=O)(=O)NC)c1)NCCC(F)(F)F.I. The standard InChI is InChI=1S/C15H23F3N4O2S.HI/c1-3-20-14(21-8-7-15(16,17)18)22-10-12-5-4-6-13(9-12)11-25(23,24)19-2;/h4-6,9,19H,3,7-8,10-11H2,1-2H3,(H2,20,21,22);1H. The summed E-state index contributed by atoms with van der Waals surface area (Å²) in [6.07, 6.45) is -5.17. The van der Waals surface area contributed by atoms with Gasteiger partial charge in [-0.3, -0.25) is 0 Å². The number of rotatable bonds is 8. The number of alkyl halides is 3. The van der Waals surface area contributed by atoms with Gasteiger partial charge >= 0.3 is 6.18 Å². The molecular weight excluding hydrogens is 484 g/mol. The summed E-state index contributed by atoms with van der Waals surface area (Å²) in [7, 11) is -2.03. The lowest BCUT2D eigenvalue weighted by atomic mass is 10.1. The van der Waals surface area contributed by atoms with E-state index >= 15 is 0 Å². The van der Waals surface area contributed by atoms with E-state index in [2.05, 4.69) is 20.3 Å². The van der Waals surface area contributed by atoms with Gasteiger partial charge in [-0.2, -0.15) is 13.2 Å². The molecule has 1 aromatic carbocycles. The molecule has 0 saturated carbocycles. The number of sulfonamides is 1. The molecule has 6 nitrogen and oxygen atoms in total. The Labute approximate surface area is 169 Å². The first-order chi connectivity index (χ1) is 11.6. The second-order valence-corrected chi connectivity index (χ2v) is 7.20. The number of guanidine groups is 1. The lowest BCUT2D eigenvalue weighted by molar-refractivity contribution is -0.132. The van der Waals surface area contributed by atoms with Crippen molar-refractivity contribution in [3.63, 3.8) is 0 Å². The molecule has 0 aliphatic rings. The minimum absolute atomic E-state index is 0. The third-order valence-corrected chi connectivity index (χ3v) is 4.46. The van der Waals surface area contributed by atoms with Crippen LogP contribution < -0.4 is 15.4 Å². The van der Waals surface area contributed by atoms with Gasteiger partial charge in [0.05, 0.1) is 18.7 Å². The molecule has 0 bridgehead atoms. The number of aliphatic imine (C=N–C) groups is 1. The summed E-state index contributed by atoms with van der Waals surface area (Å²) in [5.74, 6) is 0.130. The predicted octanol–water partition coefficient (Wildman–Crippen LogP) is 2.36. The Hall–Kier alpha value is -1.08. The average molecular weight is 508 g/mol. The molecule has 26 heavy (non-hydrogen) atoms. The summed E-state index contributed by atoms with van der Waals surface area (Å²) in [5, 5.41) is 5.49. The van der Waals surface area contributed by atoms with Crippen molar-refractivity contribution in [3.8, 4) is 0 Å². The highest BCUT2D eigenvalue weighted by Crippen LogP contribution is 2.18. The lowest BCUT2D eigenvalue weighted by Crippen LogP contribution is -2.38. The molecule has 0 spiro atoms. The molecule has 0 radical (unpaired) electrons. The van der Waals surface area contributed by atoms with Crippen LogP contribution in [-0.4, -0.2) is 40.7 Å². The highest BCUT2D eigenvalue weighted by Gasteiger charge is 2.26. The van der Waals surface area contributed by atoms with Crippen LogP contribution in [0.2, 0.25) is 0 Å². The van der Waals surface area contributed by atoms with E-state index in [4.69, 9.17) is 0 Å². The van der Waals surface area contributed by atoms with Gasteiger partial charge in [-0.15, -0.1) is 24.0 Å². The van der Waals surface area contributed by atoms with Gasteiger partial charge in [-0.25, -0.2) is 18.1 Å². The van der Waals surface area contributed by atoms with Crippen LogP contribution in [0.5, 0.6) is 0 Å². The van der Waals surface area contributed by atoms with Crippen molar-refractivity contribution in [2.45, 2.75) is 31.8 Å². The Bertz CT molecular complexity index is 682. The fourth-order valence-corrected chi connectivity index (χ4v) is 2.71. The van der Waals surface area contributed by atoms with E-state index in [1.807, 2.05) is 6.92 Å². The molecule has 1 aromatic rings. The van der Waals surface area contributed by atoms with E-state index in [1.54, 1.807) is 24.3 Å². The molecule has 0 unspecified atom stereocenters. The highest BCUT2D eigenvalue weighted by atomic mass is 127. The van der Waals surface area contributed by atoms with E-state index in [0.717, 1.165) is 5.56 Å². The second kappa shape index (κ2) is 11.6. The van der Waals surface area contributed by atoms with Crippen LogP contribution in [0.4, 0.5) is 13.2 Å². The Morgan fingerprint density at radius 3 is 2.42 bits per heavy atom. The van der Waals surface area contributed by atoms with E-state index in [1.165, 1.54) is 7.05 Å². The van der Waals surface area contributed by atoms with Gasteiger partial charge in [0.2, 0.25) is 10.0 Å². The Morgan fingerprint density at radius 1 is 1.19 bits per heavy atom. The molecule has 0 aromatic heterocycles. The monoisotopic (exact) mass is 508 g/mol. The summed E-state index contributed by atoms with van der Waals surface area (Å²) < 4.78 is 62.0. The van der Waals surface area contributed by atoms with Crippen molar-refractivity contribution < 1.29 is 21.6 Å². The molecule has 150 valence electrons. The molecule has 3 N–H and O–H groups in total. The first-order valence-electron chi connectivity index (χ1n) is 7.73. The van der Waals surface area contributed by atoms with E-state index in [0.29, 0.717) is 12.1 Å². The average Bonchev–Trinajstić information content (AvgIpc) is 2.51. The summed E-state index contributed by atoms with van der Waals surface area (Å²) >= 11 is 0. The van der Waals surface area contributed by atoms with Crippen LogP contribution in [-0.2, 0) is 22.3 Å². The summed E-state index contributed by atoms with van der Waals surface area (Å²) in [6, 6.07) is 6.89. The summed E-state index contributed by atoms with van der Waals surface area (Å²) in [6.45, 7) is 2.27. The number of nitrogens with one attached hydrogen (secondary N) is 3. The summed E-state index contributed by atoms with van der Waals surface area (Å²) in [4.78, 5) is 4.22. The maximum Gasteiger partial charge on any atom is 0.390 e. The largest absolute Gasteiger partial charge is 0.390 e. The fourth-order valence-electron chi connectivity index (χ4n) is 1.94. The van der Waals surface area contributed by atoms with Crippen molar-refractivity contribution in [3.05, 3.63) is 35.4 Å². The molecule has 0 heterocycles. The van der Waals surface area contributed by atoms with E-state index in [9.17, 15) is 21.6 Å². The summed E-state index contributed by atoms with van der Waals surface area (Å²) in [5.41, 5.74) is 1.37. The van der Waals surface area contributed by atoms with Gasteiger partial charge in [-0.1, -0.05) is 24.3 Å². The zero-order valence-corrected chi connectivity index (χ0v) is 17.7. The number of hydrogen-bond donors (Lipinski definition) is 3. The van der Waals surface area contributed by atoms with Crippen molar-refractivity contribution in [1.29, 1.82) is 0 Å². The fraction of sp³-hybridized carbons (Fsp3) is 0.533. The van der Waals surface area contributed by atoms with Crippen LogP contribution in [0.1, 0.15) is 24.5 Å². The predicted molar refractivity (Wildman–Crippen MR) is 107 cm³/mol. The Balaban J connectivity index is 0.00000625. The zero-order valence-electron chi connectivity index (χ0n) is 14.6. The van der Waals surface area contributed by atoms with E-state index in [-0.39, 0.29) is 48.8 Å². The van der Waals surface area contributed by atoms with Crippen LogP contribution in [0, 0.1) is 0 Å². The highest BCUT2D eigenvalue weighted by molar-refractivity contribution is 14.0. The second-order valence-electron chi connectivity index (χ2n) is 5.27. The van der Waals surface area contributed by atoms with Gasteiger partial charge in [0.25, 0.3) is 0 Å². The molecule has 0 fully saturated rings. The molecular formula is C15H24F3IN4O2S. The van der Waals surface area contributed by atoms with E-state index < -0.39 is 22.6 Å². The molecule has 1 rings (SSSR count). The third kappa shape index (κ3) is 10.8. The number of halogens is 4. The van der Waals surface area contributed by atoms with Gasteiger partial charge in [0.1, 0.15) is 0 Å². The Kier molecular flexibility index (Phi) is 11.1. The third-order valence-electron chi connectivity index (χ3n) is 3.12. The molecule has 0 aliphatic heterocycles. The van der Waals surface area contributed by atoms with Crippen LogP contribution >= 0.6 is 24.0 Å². The normalized spacial score (nSPS) is 12.4. The van der Waals surface area contributed by atoms with Crippen LogP contribution in [0.25, 0.3) is 0 Å². The molecule has 0 amide bonds. The Morgan fingerprint density at radius 2 is 1.85 bits per heavy atom. The van der Waals surface area contributed by atoms with Crippen LogP contribution in [0.15, 0.2) is 29.3 Å². The number of hydrogen-bond acceptors (Lipinski definition) is 3. The minimum Gasteiger partial charge on any atom is -0.357 e. The van der Waals surface area contributed by atoms with Gasteiger partial charge in [-0.05, 0) is 25.1 Å². The quantitative estimate of drug-likeness (QED) is 0.286. The van der Waals surface area contributed by atoms with Crippen LogP contribution in [0.3, 0.4) is 0 Å². The van der Waals surface area contributed by atoms with Crippen molar-refractivity contribution >= 4 is 40.0 Å².